The molecule has 0 bridgehead atoms. The molecule has 0 fully saturated rings. The van der Waals surface area contributed by atoms with Crippen molar-refractivity contribution in [1.82, 2.24) is 9.90 Å². The lowest BCUT2D eigenvalue weighted by atomic mass is 10.3. The molecule has 1 aromatic carbocycles. The molecule has 8 heteroatoms. The van der Waals surface area contributed by atoms with Gasteiger partial charge in [0.25, 0.3) is 10.5 Å². The van der Waals surface area contributed by atoms with Crippen molar-refractivity contribution in [3.8, 4) is 5.69 Å². The highest BCUT2D eigenvalue weighted by molar-refractivity contribution is 7.80. The van der Waals surface area contributed by atoms with Crippen LogP contribution in [0.4, 0.5) is 3.89 Å². The molecule has 6 nitrogen and oxygen atoms in total. The first-order chi connectivity index (χ1) is 7.88. The van der Waals surface area contributed by atoms with Crippen LogP contribution in [0.5, 0.6) is 0 Å². The maximum absolute atomic E-state index is 10.1. The lowest BCUT2D eigenvalue weighted by molar-refractivity contribution is -0.748. The van der Waals surface area contributed by atoms with Gasteiger partial charge in [-0.2, -0.15) is 4.68 Å². The zero-order valence-electron chi connectivity index (χ0n) is 8.89. The fraction of sp³-hybridized carbons (Fsp3) is 0.111. The monoisotopic (exact) mass is 259 g/mol. The Morgan fingerprint density at radius 2 is 1.88 bits per heavy atom. The van der Waals surface area contributed by atoms with E-state index >= 15 is 0 Å². The van der Waals surface area contributed by atoms with Gasteiger partial charge in [0.15, 0.2) is 6.20 Å². The largest absolute Gasteiger partial charge is 0.722 e. The molecular formula is C9H10FN3O3S. The van der Waals surface area contributed by atoms with E-state index in [4.69, 9.17) is 13.0 Å². The normalized spacial score (nSPS) is 10.5. The Morgan fingerprint density at radius 3 is 2.29 bits per heavy atom. The first kappa shape index (κ1) is 13.3. The molecular weight excluding hydrogens is 249 g/mol. The van der Waals surface area contributed by atoms with Crippen LogP contribution in [0.2, 0.25) is 0 Å². The molecule has 0 aliphatic carbocycles. The van der Waals surface area contributed by atoms with E-state index in [9.17, 15) is 3.89 Å². The van der Waals surface area contributed by atoms with Gasteiger partial charge in [-0.15, -0.1) is 3.89 Å². The third-order valence-corrected chi connectivity index (χ3v) is 1.74. The number of hydrogen-bond donors (Lipinski definition) is 0. The first-order valence-corrected chi connectivity index (χ1v) is 5.79. The fourth-order valence-electron chi connectivity index (χ4n) is 1.14. The minimum atomic E-state index is -5.42. The SMILES string of the molecule is C[n+]1ccnn1-c1ccccc1.O=S(=O)([O-])F. The Balaban J connectivity index is 0.000000249. The molecule has 0 radical (unpaired) electrons. The molecule has 0 atom stereocenters. The van der Waals surface area contributed by atoms with Gasteiger partial charge in [-0.25, -0.2) is 8.42 Å². The molecule has 0 N–H and O–H groups in total. The summed E-state index contributed by atoms with van der Waals surface area (Å²) in [6.07, 6.45) is 3.68. The smallest absolute Gasteiger partial charge is 0.255 e. The molecule has 17 heavy (non-hydrogen) atoms. The topological polar surface area (TPSA) is 78.9 Å². The van der Waals surface area contributed by atoms with Crippen LogP contribution in [0, 0.1) is 0 Å². The van der Waals surface area contributed by atoms with Crippen molar-refractivity contribution in [3.63, 3.8) is 0 Å². The van der Waals surface area contributed by atoms with Gasteiger partial charge in [0, 0.05) is 5.10 Å². The van der Waals surface area contributed by atoms with Crippen LogP contribution in [0.1, 0.15) is 0 Å². The summed E-state index contributed by atoms with van der Waals surface area (Å²) in [5.41, 5.74) is 1.07. The summed E-state index contributed by atoms with van der Waals surface area (Å²) in [6.45, 7) is 0. The summed E-state index contributed by atoms with van der Waals surface area (Å²) in [7, 11) is -3.46. The average molecular weight is 259 g/mol. The molecule has 0 unspecified atom stereocenters. The van der Waals surface area contributed by atoms with Crippen LogP contribution in [-0.2, 0) is 17.6 Å². The Hall–Kier alpha value is -1.80. The van der Waals surface area contributed by atoms with E-state index in [2.05, 4.69) is 5.10 Å². The Labute approximate surface area is 98.0 Å². The van der Waals surface area contributed by atoms with Crippen molar-refractivity contribution in [2.24, 2.45) is 7.05 Å². The third-order valence-electron chi connectivity index (χ3n) is 1.74. The third kappa shape index (κ3) is 5.18. The van der Waals surface area contributed by atoms with E-state index < -0.39 is 10.5 Å². The second kappa shape index (κ2) is 5.51. The van der Waals surface area contributed by atoms with E-state index in [0.717, 1.165) is 5.69 Å². The van der Waals surface area contributed by atoms with E-state index in [1.54, 1.807) is 6.20 Å². The molecule has 0 saturated carbocycles. The van der Waals surface area contributed by atoms with Crippen molar-refractivity contribution < 1.29 is 21.5 Å². The second-order valence-corrected chi connectivity index (χ2v) is 3.79. The van der Waals surface area contributed by atoms with Gasteiger partial charge in [0.1, 0.15) is 12.7 Å². The van der Waals surface area contributed by atoms with Crippen molar-refractivity contribution in [2.45, 2.75) is 0 Å². The van der Waals surface area contributed by atoms with Gasteiger partial charge >= 0.3 is 0 Å². The van der Waals surface area contributed by atoms with Crippen LogP contribution >= 0.6 is 0 Å². The molecule has 1 heterocycles. The number of hydrogen-bond acceptors (Lipinski definition) is 4. The Bertz CT molecular complexity index is 560. The number of nitrogens with zero attached hydrogens (tertiary/aromatic N) is 3. The predicted molar refractivity (Wildman–Crippen MR) is 55.5 cm³/mol. The van der Waals surface area contributed by atoms with Crippen LogP contribution in [-0.4, -0.2) is 22.9 Å². The summed E-state index contributed by atoms with van der Waals surface area (Å²) >= 11 is 0. The van der Waals surface area contributed by atoms with Crippen LogP contribution in [0.3, 0.4) is 0 Å². The number of para-hydroxylation sites is 1. The highest BCUT2D eigenvalue weighted by Crippen LogP contribution is 2.00. The maximum Gasteiger partial charge on any atom is 0.255 e. The molecule has 2 rings (SSSR count). The van der Waals surface area contributed by atoms with Crippen LogP contribution in [0.15, 0.2) is 42.7 Å². The lowest BCUT2D eigenvalue weighted by Gasteiger charge is -1.95. The van der Waals surface area contributed by atoms with E-state index in [0.29, 0.717) is 0 Å². The molecule has 0 saturated heterocycles. The summed E-state index contributed by atoms with van der Waals surface area (Å²) < 4.78 is 37.3. The quantitative estimate of drug-likeness (QED) is 0.414. The molecule has 0 aliphatic heterocycles. The van der Waals surface area contributed by atoms with E-state index in [1.807, 2.05) is 53.1 Å². The fourth-order valence-corrected chi connectivity index (χ4v) is 1.14. The van der Waals surface area contributed by atoms with Crippen molar-refractivity contribution in [3.05, 3.63) is 42.7 Å². The second-order valence-electron chi connectivity index (χ2n) is 3.01. The van der Waals surface area contributed by atoms with Gasteiger partial charge in [-0.1, -0.05) is 18.2 Å². The van der Waals surface area contributed by atoms with E-state index in [1.165, 1.54) is 0 Å². The molecule has 0 aliphatic rings. The highest BCUT2D eigenvalue weighted by Gasteiger charge is 2.05. The summed E-state index contributed by atoms with van der Waals surface area (Å²) in [6, 6.07) is 10.0. The van der Waals surface area contributed by atoms with Crippen LogP contribution < -0.4 is 4.68 Å². The van der Waals surface area contributed by atoms with Gasteiger partial charge in [0.05, 0.1) is 0 Å². The minimum Gasteiger partial charge on any atom is -0.722 e. The van der Waals surface area contributed by atoms with Crippen LogP contribution in [0.25, 0.3) is 5.69 Å². The van der Waals surface area contributed by atoms with Crippen molar-refractivity contribution in [2.75, 3.05) is 0 Å². The Kier molecular flexibility index (Phi) is 4.30. The zero-order valence-corrected chi connectivity index (χ0v) is 9.71. The van der Waals surface area contributed by atoms with E-state index in [-0.39, 0.29) is 0 Å². The first-order valence-electron chi connectivity index (χ1n) is 4.49. The number of benzene rings is 1. The molecule has 2 aromatic rings. The standard InChI is InChI=1S/C9H10N3.FHO3S/c1-11-8-7-10-12(11)9-5-3-2-4-6-9;1-5(2,3)4/h2-8H,1H3;(H,2,3,4)/q+1;/p-1. The van der Waals surface area contributed by atoms with Gasteiger partial charge in [-0.3, -0.25) is 0 Å². The Morgan fingerprint density at radius 1 is 1.35 bits per heavy atom. The van der Waals surface area contributed by atoms with Gasteiger partial charge in [0.2, 0.25) is 6.20 Å². The van der Waals surface area contributed by atoms with Gasteiger partial charge < -0.3 is 4.55 Å². The molecule has 0 amide bonds. The molecule has 92 valence electrons. The molecule has 1 aromatic heterocycles. The lowest BCUT2D eigenvalue weighted by Crippen LogP contribution is -2.37. The average Bonchev–Trinajstić information content (AvgIpc) is 2.63. The molecule has 0 spiro atoms. The summed E-state index contributed by atoms with van der Waals surface area (Å²) in [5, 5.41) is 4.17. The van der Waals surface area contributed by atoms with Crippen molar-refractivity contribution in [1.29, 1.82) is 0 Å². The van der Waals surface area contributed by atoms with Crippen molar-refractivity contribution >= 4 is 10.5 Å². The highest BCUT2D eigenvalue weighted by atomic mass is 32.3. The number of halogens is 1. The summed E-state index contributed by atoms with van der Waals surface area (Å²) in [5.74, 6) is 0. The summed E-state index contributed by atoms with van der Waals surface area (Å²) in [4.78, 5) is 1.83. The number of rotatable bonds is 1. The number of aromatic nitrogens is 3. The predicted octanol–water partition coefficient (Wildman–Crippen LogP) is 0.113. The minimum absolute atomic E-state index is 1.07. The maximum atomic E-state index is 10.1. The number of aryl methyl sites for hydroxylation is 1. The van der Waals surface area contributed by atoms with Gasteiger partial charge in [-0.05, 0) is 16.9 Å². The zero-order chi connectivity index (χ0) is 12.9.